The molecule has 6 saturated heterocycles. The van der Waals surface area contributed by atoms with Crippen molar-refractivity contribution in [2.45, 2.75) is 255 Å². The molecule has 35 atom stereocenters. The molecule has 87 heavy (non-hydrogen) atoms. The standard InChI is InChI=1S/C55H88O32/c1-19-11-54-9-5-26-52(2,27(54)6-10-55(19,18-54)87-50-44(85-48-40(74)36(70)31(65)23(14-58)79-48)42(33(67)25(16-60)81-50)82-45-37(71)28(62)20(61)17-76-45)7-4-8-53(26,3)51(75)86-49-43(84-47-39(73)35(69)30(64)22(13-57)78-47)41(32(66)24(15-59)80-49)83-46-38(72)34(68)29(63)21(12-56)77-46/h20-50,56-74H,1,4-18H2,2-3H3/t20-,21-,22-,23-,24-,25-,26+,27+,28+,29-,30-,31-,32-,33-,34+,35+,36+,37-,38-,39-,40-,41+,42+,43-,44-,45+,46+,47+,48?,49+,50+,52-,53-,54-,55+/m1/s1. The number of aliphatic hydroxyl groups excluding tert-OH is 19. The molecule has 6 aliphatic heterocycles. The van der Waals surface area contributed by atoms with Crippen LogP contribution >= 0.6 is 0 Å². The predicted molar refractivity (Wildman–Crippen MR) is 278 cm³/mol. The van der Waals surface area contributed by atoms with Crippen LogP contribution in [-0.2, 0) is 61.6 Å². The first-order valence-corrected chi connectivity index (χ1v) is 29.8. The summed E-state index contributed by atoms with van der Waals surface area (Å²) in [6.07, 6.45) is -48.8. The summed E-state index contributed by atoms with van der Waals surface area (Å²) < 4.78 is 72.8. The number of hydrogen-bond donors (Lipinski definition) is 19. The van der Waals surface area contributed by atoms with E-state index in [1.807, 2.05) is 0 Å². The summed E-state index contributed by atoms with van der Waals surface area (Å²) in [6.45, 7) is 3.49. The van der Waals surface area contributed by atoms with Crippen LogP contribution in [0, 0.1) is 28.1 Å². The molecule has 1 unspecified atom stereocenters. The van der Waals surface area contributed by atoms with Gasteiger partial charge in [-0.2, -0.15) is 0 Å². The molecular weight excluding hydrogens is 1170 g/mol. The predicted octanol–water partition coefficient (Wildman–Crippen LogP) is -8.83. The third-order valence-corrected chi connectivity index (χ3v) is 20.9. The first kappa shape index (κ1) is 67.9. The average molecular weight is 1260 g/mol. The second-order valence-corrected chi connectivity index (χ2v) is 26.0. The number of aliphatic hydroxyl groups is 19. The van der Waals surface area contributed by atoms with Gasteiger partial charge < -0.3 is 154 Å². The first-order chi connectivity index (χ1) is 41.2. The van der Waals surface area contributed by atoms with Crippen LogP contribution in [0.3, 0.4) is 0 Å². The van der Waals surface area contributed by atoms with Crippen LogP contribution in [0.1, 0.15) is 71.6 Å². The number of esters is 1. The maximum atomic E-state index is 15.4. The lowest BCUT2D eigenvalue weighted by Gasteiger charge is -2.64. The third kappa shape index (κ3) is 12.0. The normalized spacial score (nSPS) is 54.6. The smallest absolute Gasteiger partial charge is 0.314 e. The summed E-state index contributed by atoms with van der Waals surface area (Å²) >= 11 is 0. The molecule has 0 aromatic heterocycles. The summed E-state index contributed by atoms with van der Waals surface area (Å²) in [6, 6.07) is 0. The number of carbonyl (C=O) groups is 1. The molecule has 4 saturated carbocycles. The van der Waals surface area contributed by atoms with E-state index < -0.39 is 252 Å². The highest BCUT2D eigenvalue weighted by Crippen LogP contribution is 2.74. The van der Waals surface area contributed by atoms with Crippen molar-refractivity contribution in [2.24, 2.45) is 28.1 Å². The molecular formula is C55H88O32. The molecule has 2 bridgehead atoms. The van der Waals surface area contributed by atoms with Gasteiger partial charge in [-0.05, 0) is 86.5 Å². The first-order valence-electron chi connectivity index (χ1n) is 29.8. The van der Waals surface area contributed by atoms with Gasteiger partial charge in [0.1, 0.15) is 134 Å². The molecule has 10 aliphatic rings. The minimum Gasteiger partial charge on any atom is -0.432 e. The van der Waals surface area contributed by atoms with Crippen molar-refractivity contribution in [1.29, 1.82) is 0 Å². The van der Waals surface area contributed by atoms with Crippen LogP contribution in [0.15, 0.2) is 12.2 Å². The Balaban J connectivity index is 0.917. The Morgan fingerprint density at radius 2 is 0.885 bits per heavy atom. The van der Waals surface area contributed by atoms with Gasteiger partial charge >= 0.3 is 5.97 Å². The van der Waals surface area contributed by atoms with Gasteiger partial charge in [0.05, 0.1) is 50.7 Å². The highest BCUT2D eigenvalue weighted by molar-refractivity contribution is 5.77. The zero-order valence-corrected chi connectivity index (χ0v) is 48.0. The lowest BCUT2D eigenvalue weighted by Crippen LogP contribution is -2.68. The van der Waals surface area contributed by atoms with E-state index in [0.29, 0.717) is 50.5 Å². The quantitative estimate of drug-likeness (QED) is 0.0365. The van der Waals surface area contributed by atoms with Crippen LogP contribution in [0.25, 0.3) is 0 Å². The third-order valence-electron chi connectivity index (χ3n) is 20.9. The Kier molecular flexibility index (Phi) is 20.6. The molecule has 500 valence electrons. The van der Waals surface area contributed by atoms with E-state index >= 15 is 4.79 Å². The van der Waals surface area contributed by atoms with E-state index in [-0.39, 0.29) is 18.8 Å². The highest BCUT2D eigenvalue weighted by Gasteiger charge is 2.70. The SMILES string of the molecule is C=C1C[C@@]23CC[C@H]4[C@@](C)(CCC[C@@]4(C)C(=O)O[C@@H]4O[C@H](CO)[C@@H](O)[C@H](O[C@@H]5O[C@H](CO)[C@@H](O)[C@H](O)[C@H]5O)[C@H]4O[C@@H]4O[C@H](CO)[C@@H](O)[C@H](O)[C@H]4O)[C@@H]2CC[C@]1(O[C@@H]1O[C@H](CO)[C@@H](O)[C@H](O[C@@H]2OC[C@@H](O)[C@H](O)[C@H]2O)[C@H]1OC1O[C@H](CO)[C@@H](O)[C@H](O)[C@H]1O)C3. The van der Waals surface area contributed by atoms with E-state index in [9.17, 15) is 97.0 Å². The van der Waals surface area contributed by atoms with Crippen molar-refractivity contribution in [1.82, 2.24) is 0 Å². The van der Waals surface area contributed by atoms with Crippen LogP contribution in [0.5, 0.6) is 0 Å². The molecule has 1 spiro atoms. The molecule has 10 fully saturated rings. The van der Waals surface area contributed by atoms with Crippen LogP contribution < -0.4 is 0 Å². The highest BCUT2D eigenvalue weighted by atomic mass is 16.8. The lowest BCUT2D eigenvalue weighted by atomic mass is 9.41. The topological polar surface area (TPSA) is 512 Å². The minimum absolute atomic E-state index is 0.131. The number of ether oxygens (including phenoxy) is 12. The zero-order valence-electron chi connectivity index (χ0n) is 48.0. The molecule has 19 N–H and O–H groups in total. The molecule has 4 aliphatic carbocycles. The fourth-order valence-electron chi connectivity index (χ4n) is 16.1. The van der Waals surface area contributed by atoms with Gasteiger partial charge in [-0.25, -0.2) is 0 Å². The molecule has 10 rings (SSSR count). The Labute approximate surface area is 498 Å². The summed E-state index contributed by atoms with van der Waals surface area (Å²) in [5.41, 5.74) is -3.10. The van der Waals surface area contributed by atoms with Gasteiger partial charge in [0.25, 0.3) is 0 Å². The van der Waals surface area contributed by atoms with E-state index in [4.69, 9.17) is 56.8 Å². The van der Waals surface area contributed by atoms with Crippen molar-refractivity contribution in [3.8, 4) is 0 Å². The van der Waals surface area contributed by atoms with Crippen molar-refractivity contribution in [3.05, 3.63) is 12.2 Å². The Bertz CT molecular complexity index is 2340. The number of carbonyl (C=O) groups excluding carboxylic acids is 1. The monoisotopic (exact) mass is 1260 g/mol. The largest absolute Gasteiger partial charge is 0.432 e. The Hall–Kier alpha value is -1.99. The second kappa shape index (κ2) is 26.4. The molecule has 0 amide bonds. The Morgan fingerprint density at radius 1 is 0.471 bits per heavy atom. The van der Waals surface area contributed by atoms with Gasteiger partial charge in [0.2, 0.25) is 6.29 Å². The lowest BCUT2D eigenvalue weighted by molar-refractivity contribution is -0.396. The van der Waals surface area contributed by atoms with E-state index in [1.165, 1.54) is 0 Å². The summed E-state index contributed by atoms with van der Waals surface area (Å²) in [7, 11) is 0. The maximum absolute atomic E-state index is 15.4. The van der Waals surface area contributed by atoms with Gasteiger partial charge in [0, 0.05) is 0 Å². The molecule has 6 heterocycles. The van der Waals surface area contributed by atoms with E-state index in [2.05, 4.69) is 13.5 Å². The molecule has 0 aromatic rings. The summed E-state index contributed by atoms with van der Waals surface area (Å²) in [5, 5.41) is 204. The van der Waals surface area contributed by atoms with Crippen molar-refractivity contribution < 1.29 is 159 Å². The fourth-order valence-corrected chi connectivity index (χ4v) is 16.1. The van der Waals surface area contributed by atoms with Crippen LogP contribution in [-0.4, -0.2) is 326 Å². The second-order valence-electron chi connectivity index (χ2n) is 26.0. The molecule has 0 aromatic carbocycles. The van der Waals surface area contributed by atoms with Gasteiger partial charge in [-0.1, -0.05) is 19.9 Å². The number of hydrogen-bond acceptors (Lipinski definition) is 32. The van der Waals surface area contributed by atoms with E-state index in [1.54, 1.807) is 6.92 Å². The maximum Gasteiger partial charge on any atom is 0.314 e. The number of rotatable bonds is 17. The fraction of sp³-hybridized carbons (Fsp3) is 0.945. The van der Waals surface area contributed by atoms with Gasteiger partial charge in [0.15, 0.2) is 37.6 Å². The zero-order chi connectivity index (χ0) is 63.1. The number of fused-ring (bicyclic) bond motifs is 3. The van der Waals surface area contributed by atoms with Crippen molar-refractivity contribution >= 4 is 5.97 Å². The van der Waals surface area contributed by atoms with Crippen molar-refractivity contribution in [3.63, 3.8) is 0 Å². The van der Waals surface area contributed by atoms with Gasteiger partial charge in [-0.15, -0.1) is 0 Å². The molecule has 0 radical (unpaired) electrons. The Morgan fingerprint density at radius 3 is 1.38 bits per heavy atom. The average Bonchev–Trinajstić information content (AvgIpc) is 2.44. The summed E-state index contributed by atoms with van der Waals surface area (Å²) in [4.78, 5) is 15.4. The van der Waals surface area contributed by atoms with Crippen LogP contribution in [0.2, 0.25) is 0 Å². The van der Waals surface area contributed by atoms with Crippen LogP contribution in [0.4, 0.5) is 0 Å². The van der Waals surface area contributed by atoms with E-state index in [0.717, 1.165) is 0 Å². The summed E-state index contributed by atoms with van der Waals surface area (Å²) in [5.74, 6) is -1.38. The van der Waals surface area contributed by atoms with Gasteiger partial charge in [-0.3, -0.25) is 4.79 Å². The minimum atomic E-state index is -2.07. The molecule has 32 nitrogen and oxygen atoms in total. The molecule has 32 heteroatoms. The van der Waals surface area contributed by atoms with Crippen molar-refractivity contribution in [2.75, 3.05) is 39.6 Å².